The van der Waals surface area contributed by atoms with Gasteiger partial charge in [0.15, 0.2) is 0 Å². The van der Waals surface area contributed by atoms with Crippen molar-refractivity contribution in [2.24, 2.45) is 23.7 Å². The second kappa shape index (κ2) is 15.1. The van der Waals surface area contributed by atoms with Crippen LogP contribution in [0.15, 0.2) is 18.3 Å². The fourth-order valence-corrected chi connectivity index (χ4v) is 6.44. The van der Waals surface area contributed by atoms with Gasteiger partial charge < -0.3 is 0 Å². The molecule has 0 N–H and O–H groups in total. The Morgan fingerprint density at radius 3 is 1.69 bits per heavy atom. The molecule has 0 radical (unpaired) electrons. The lowest BCUT2D eigenvalue weighted by molar-refractivity contribution is 0.208. The van der Waals surface area contributed by atoms with Crippen molar-refractivity contribution >= 4 is 0 Å². The minimum atomic E-state index is 0.954. The number of nitrogens with zero attached hydrogens (tertiary/aromatic N) is 1. The van der Waals surface area contributed by atoms with E-state index in [1.54, 1.807) is 0 Å². The average molecular weight is 440 g/mol. The van der Waals surface area contributed by atoms with Gasteiger partial charge in [-0.1, -0.05) is 123 Å². The zero-order chi connectivity index (χ0) is 22.4. The van der Waals surface area contributed by atoms with E-state index >= 15 is 0 Å². The molecule has 3 rings (SSSR count). The van der Waals surface area contributed by atoms with Crippen LogP contribution in [0, 0.1) is 23.7 Å². The molecule has 2 fully saturated rings. The monoisotopic (exact) mass is 439 g/mol. The number of aryl methyl sites for hydroxylation is 2. The average Bonchev–Trinajstić information content (AvgIpc) is 2.85. The SMILES string of the molecule is CCCCCCc1ccc(CC[C@H]2CC[C@H](CC[C@H]3CC[C@H](CCCC)CC3)CC2)nc1. The third-order valence-electron chi connectivity index (χ3n) is 8.90. The molecule has 182 valence electrons. The van der Waals surface area contributed by atoms with Crippen molar-refractivity contribution in [1.29, 1.82) is 0 Å². The maximum absolute atomic E-state index is 4.78. The van der Waals surface area contributed by atoms with E-state index in [2.05, 4.69) is 32.2 Å². The van der Waals surface area contributed by atoms with Crippen LogP contribution in [0.25, 0.3) is 0 Å². The molecule has 1 aromatic rings. The molecule has 0 aliphatic heterocycles. The summed E-state index contributed by atoms with van der Waals surface area (Å²) >= 11 is 0. The zero-order valence-corrected chi connectivity index (χ0v) is 21.6. The van der Waals surface area contributed by atoms with Crippen molar-refractivity contribution in [1.82, 2.24) is 4.98 Å². The molecular formula is C31H53N. The van der Waals surface area contributed by atoms with Crippen LogP contribution in [0.5, 0.6) is 0 Å². The minimum absolute atomic E-state index is 0.954. The van der Waals surface area contributed by atoms with Gasteiger partial charge in [-0.3, -0.25) is 4.98 Å². The van der Waals surface area contributed by atoms with Crippen molar-refractivity contribution in [2.75, 3.05) is 0 Å². The molecule has 1 nitrogen and oxygen atoms in total. The summed E-state index contributed by atoms with van der Waals surface area (Å²) in [6, 6.07) is 4.64. The molecular weight excluding hydrogens is 386 g/mol. The topological polar surface area (TPSA) is 12.9 Å². The molecule has 0 unspecified atom stereocenters. The first-order valence-corrected chi connectivity index (χ1v) is 14.7. The van der Waals surface area contributed by atoms with Gasteiger partial charge in [-0.15, -0.1) is 0 Å². The Labute approximate surface area is 200 Å². The van der Waals surface area contributed by atoms with Gasteiger partial charge in [0, 0.05) is 11.9 Å². The summed E-state index contributed by atoms with van der Waals surface area (Å²) in [5.74, 6) is 4.12. The first kappa shape index (κ1) is 25.8. The Balaban J connectivity index is 1.24. The third kappa shape index (κ3) is 9.56. The highest BCUT2D eigenvalue weighted by Gasteiger charge is 2.24. The predicted octanol–water partition coefficient (Wildman–Crippen LogP) is 9.72. The fourth-order valence-electron chi connectivity index (χ4n) is 6.44. The summed E-state index contributed by atoms with van der Waals surface area (Å²) in [4.78, 5) is 4.78. The summed E-state index contributed by atoms with van der Waals surface area (Å²) in [6.45, 7) is 4.62. The lowest BCUT2D eigenvalue weighted by Crippen LogP contribution is -2.18. The van der Waals surface area contributed by atoms with E-state index in [9.17, 15) is 0 Å². The quantitative estimate of drug-likeness (QED) is 0.263. The summed E-state index contributed by atoms with van der Waals surface area (Å²) in [5, 5.41) is 0. The van der Waals surface area contributed by atoms with Gasteiger partial charge in [0.05, 0.1) is 0 Å². The molecule has 32 heavy (non-hydrogen) atoms. The van der Waals surface area contributed by atoms with Gasteiger partial charge >= 0.3 is 0 Å². The van der Waals surface area contributed by atoms with E-state index in [0.29, 0.717) is 0 Å². The summed E-state index contributed by atoms with van der Waals surface area (Å²) in [6.07, 6.45) is 30.8. The second-order valence-corrected chi connectivity index (χ2v) is 11.5. The number of hydrogen-bond acceptors (Lipinski definition) is 1. The smallest absolute Gasteiger partial charge is 0.0403 e. The Bertz CT molecular complexity index is 575. The number of pyridine rings is 1. The Hall–Kier alpha value is -0.850. The molecule has 0 saturated heterocycles. The molecule has 0 bridgehead atoms. The van der Waals surface area contributed by atoms with Crippen LogP contribution in [0.2, 0.25) is 0 Å². The van der Waals surface area contributed by atoms with Crippen molar-refractivity contribution in [3.8, 4) is 0 Å². The number of unbranched alkanes of at least 4 members (excludes halogenated alkanes) is 4. The van der Waals surface area contributed by atoms with E-state index in [0.717, 1.165) is 23.7 Å². The number of rotatable bonds is 14. The lowest BCUT2D eigenvalue weighted by atomic mass is 9.74. The minimum Gasteiger partial charge on any atom is -0.261 e. The van der Waals surface area contributed by atoms with Gasteiger partial charge in [-0.25, -0.2) is 0 Å². The van der Waals surface area contributed by atoms with Crippen LogP contribution in [0.1, 0.15) is 141 Å². The molecule has 1 heteroatoms. The molecule has 2 aliphatic rings. The van der Waals surface area contributed by atoms with Crippen LogP contribution >= 0.6 is 0 Å². The van der Waals surface area contributed by atoms with Crippen molar-refractivity contribution in [3.63, 3.8) is 0 Å². The molecule has 0 spiro atoms. The highest BCUT2D eigenvalue weighted by molar-refractivity contribution is 5.14. The number of hydrogen-bond donors (Lipinski definition) is 0. The fraction of sp³-hybridized carbons (Fsp3) is 0.839. The highest BCUT2D eigenvalue weighted by Crippen LogP contribution is 2.38. The standard InChI is InChI=1S/C31H53N/c1-3-5-7-8-10-30-22-24-31(32-25-30)23-21-29-19-17-28(18-20-29)16-15-27-13-11-26(12-14-27)9-6-4-2/h22,24-29H,3-21,23H2,1-2H3/t26-,27-,28-,29-. The van der Waals surface area contributed by atoms with E-state index in [1.807, 2.05) is 0 Å². The summed E-state index contributed by atoms with van der Waals surface area (Å²) in [7, 11) is 0. The Morgan fingerprint density at radius 2 is 1.16 bits per heavy atom. The van der Waals surface area contributed by atoms with Crippen LogP contribution < -0.4 is 0 Å². The molecule has 0 aromatic carbocycles. The van der Waals surface area contributed by atoms with Crippen LogP contribution in [0.3, 0.4) is 0 Å². The summed E-state index contributed by atoms with van der Waals surface area (Å²) < 4.78 is 0. The highest BCUT2D eigenvalue weighted by atomic mass is 14.7. The van der Waals surface area contributed by atoms with Gasteiger partial charge in [-0.05, 0) is 61.0 Å². The van der Waals surface area contributed by atoms with Crippen molar-refractivity contribution < 1.29 is 0 Å². The summed E-state index contributed by atoms with van der Waals surface area (Å²) in [5.41, 5.74) is 2.75. The van der Waals surface area contributed by atoms with E-state index < -0.39 is 0 Å². The maximum Gasteiger partial charge on any atom is 0.0403 e. The first-order chi connectivity index (χ1) is 15.8. The maximum atomic E-state index is 4.78. The number of aromatic nitrogens is 1. The predicted molar refractivity (Wildman–Crippen MR) is 140 cm³/mol. The van der Waals surface area contributed by atoms with E-state index in [-0.39, 0.29) is 0 Å². The molecule has 2 aliphatic carbocycles. The largest absolute Gasteiger partial charge is 0.261 e. The van der Waals surface area contributed by atoms with Gasteiger partial charge in [-0.2, -0.15) is 0 Å². The van der Waals surface area contributed by atoms with Gasteiger partial charge in [0.1, 0.15) is 0 Å². The molecule has 0 amide bonds. The van der Waals surface area contributed by atoms with Gasteiger partial charge in [0.25, 0.3) is 0 Å². The van der Waals surface area contributed by atoms with E-state index in [4.69, 9.17) is 4.98 Å². The van der Waals surface area contributed by atoms with Crippen LogP contribution in [-0.4, -0.2) is 4.98 Å². The molecule has 2 saturated carbocycles. The van der Waals surface area contributed by atoms with Crippen molar-refractivity contribution in [3.05, 3.63) is 29.6 Å². The third-order valence-corrected chi connectivity index (χ3v) is 8.90. The lowest BCUT2D eigenvalue weighted by Gasteiger charge is -2.32. The second-order valence-electron chi connectivity index (χ2n) is 11.5. The van der Waals surface area contributed by atoms with Crippen LogP contribution in [0.4, 0.5) is 0 Å². The Morgan fingerprint density at radius 1 is 0.594 bits per heavy atom. The Kier molecular flexibility index (Phi) is 12.2. The van der Waals surface area contributed by atoms with Gasteiger partial charge in [0.2, 0.25) is 0 Å². The molecule has 1 aromatic heterocycles. The normalized spacial score (nSPS) is 26.3. The van der Waals surface area contributed by atoms with Crippen LogP contribution in [-0.2, 0) is 12.8 Å². The first-order valence-electron chi connectivity index (χ1n) is 14.7. The van der Waals surface area contributed by atoms with Crippen molar-refractivity contribution in [2.45, 2.75) is 142 Å². The van der Waals surface area contributed by atoms with E-state index in [1.165, 1.54) is 140 Å². The molecule has 1 heterocycles. The zero-order valence-electron chi connectivity index (χ0n) is 21.6. The molecule has 0 atom stereocenters.